The molecule has 2 aliphatic rings. The fourth-order valence-electron chi connectivity index (χ4n) is 3.99. The molecule has 20 heavy (non-hydrogen) atoms. The van der Waals surface area contributed by atoms with Crippen molar-refractivity contribution < 1.29 is 9.53 Å². The van der Waals surface area contributed by atoms with Crippen molar-refractivity contribution >= 4 is 5.97 Å². The number of ether oxygens (including phenoxy) is 1. The second kappa shape index (κ2) is 7.99. The molecule has 0 aromatic carbocycles. The predicted octanol–water partition coefficient (Wildman–Crippen LogP) is 2.18. The number of likely N-dealkylation sites (N-methyl/N-ethyl adjacent to an activating group) is 1. The van der Waals surface area contributed by atoms with Gasteiger partial charge >= 0.3 is 5.97 Å². The maximum absolute atomic E-state index is 11.8. The molecule has 1 saturated carbocycles. The van der Waals surface area contributed by atoms with E-state index in [1.54, 1.807) is 0 Å². The first-order valence-electron chi connectivity index (χ1n) is 8.31. The zero-order valence-corrected chi connectivity index (χ0v) is 13.1. The summed E-state index contributed by atoms with van der Waals surface area (Å²) in [4.78, 5) is 14.4. The van der Waals surface area contributed by atoms with Crippen molar-refractivity contribution in [2.24, 2.45) is 5.92 Å². The van der Waals surface area contributed by atoms with Crippen molar-refractivity contribution in [2.45, 2.75) is 64.0 Å². The van der Waals surface area contributed by atoms with Gasteiger partial charge in [0, 0.05) is 12.6 Å². The average molecular weight is 282 g/mol. The first kappa shape index (κ1) is 15.8. The third-order valence-electron chi connectivity index (χ3n) is 5.00. The highest BCUT2D eigenvalue weighted by Crippen LogP contribution is 2.35. The Labute approximate surface area is 123 Å². The highest BCUT2D eigenvalue weighted by Gasteiger charge is 2.33. The van der Waals surface area contributed by atoms with Crippen LogP contribution in [0.5, 0.6) is 0 Å². The van der Waals surface area contributed by atoms with Crippen LogP contribution in [0.3, 0.4) is 0 Å². The number of fused-ring (bicyclic) bond motifs is 1. The van der Waals surface area contributed by atoms with E-state index in [9.17, 15) is 4.79 Å². The molecule has 0 aromatic heterocycles. The van der Waals surface area contributed by atoms with E-state index in [4.69, 9.17) is 4.74 Å². The molecule has 2 fully saturated rings. The van der Waals surface area contributed by atoms with Crippen LogP contribution >= 0.6 is 0 Å². The molecule has 0 radical (unpaired) electrons. The van der Waals surface area contributed by atoms with Gasteiger partial charge in [-0.1, -0.05) is 19.8 Å². The Morgan fingerprint density at radius 3 is 2.80 bits per heavy atom. The molecule has 0 aromatic rings. The van der Waals surface area contributed by atoms with Gasteiger partial charge in [-0.25, -0.2) is 0 Å². The lowest BCUT2D eigenvalue weighted by Gasteiger charge is -2.44. The maximum Gasteiger partial charge on any atom is 0.322 e. The molecule has 0 spiro atoms. The highest BCUT2D eigenvalue weighted by molar-refractivity contribution is 5.75. The van der Waals surface area contributed by atoms with Crippen molar-refractivity contribution in [1.82, 2.24) is 10.2 Å². The molecule has 0 bridgehead atoms. The Morgan fingerprint density at radius 2 is 2.05 bits per heavy atom. The minimum atomic E-state index is -0.144. The number of nitrogens with one attached hydrogen (secondary N) is 1. The standard InChI is InChI=1S/C16H30N2O2/c1-3-17-14(16(19)20-2)10-12-18-11-6-8-13-7-4-5-9-15(13)18/h13-15,17H,3-12H2,1-2H3. The second-order valence-electron chi connectivity index (χ2n) is 6.21. The number of carbonyl (C=O) groups is 1. The molecule has 1 aliphatic carbocycles. The van der Waals surface area contributed by atoms with Gasteiger partial charge in [0.2, 0.25) is 0 Å². The molecule has 3 unspecified atom stereocenters. The summed E-state index contributed by atoms with van der Waals surface area (Å²) in [5.74, 6) is 0.789. The van der Waals surface area contributed by atoms with Gasteiger partial charge in [-0.2, -0.15) is 0 Å². The van der Waals surface area contributed by atoms with Crippen LogP contribution in [0.2, 0.25) is 0 Å². The normalized spacial score (nSPS) is 28.7. The number of hydrogen-bond donors (Lipinski definition) is 1. The first-order valence-corrected chi connectivity index (χ1v) is 8.31. The van der Waals surface area contributed by atoms with E-state index in [0.717, 1.165) is 31.5 Å². The van der Waals surface area contributed by atoms with Crippen LogP contribution in [-0.2, 0) is 9.53 Å². The smallest absolute Gasteiger partial charge is 0.322 e. The van der Waals surface area contributed by atoms with Gasteiger partial charge in [-0.05, 0) is 51.1 Å². The largest absolute Gasteiger partial charge is 0.468 e. The van der Waals surface area contributed by atoms with E-state index in [1.165, 1.54) is 52.2 Å². The fourth-order valence-corrected chi connectivity index (χ4v) is 3.99. The SMILES string of the molecule is CCNC(CCN1CCCC2CCCCC21)C(=O)OC. The molecule has 116 valence electrons. The summed E-state index contributed by atoms with van der Waals surface area (Å²) >= 11 is 0. The number of likely N-dealkylation sites (tertiary alicyclic amines) is 1. The molecule has 1 N–H and O–H groups in total. The Bertz CT molecular complexity index is 307. The third kappa shape index (κ3) is 3.95. The van der Waals surface area contributed by atoms with E-state index in [1.807, 2.05) is 6.92 Å². The van der Waals surface area contributed by atoms with E-state index < -0.39 is 0 Å². The minimum Gasteiger partial charge on any atom is -0.468 e. The Hall–Kier alpha value is -0.610. The number of esters is 1. The molecule has 1 heterocycles. The number of carbonyl (C=O) groups excluding carboxylic acids is 1. The molecular formula is C16H30N2O2. The van der Waals surface area contributed by atoms with Gasteiger partial charge in [0.1, 0.15) is 6.04 Å². The van der Waals surface area contributed by atoms with Crippen LogP contribution in [0.25, 0.3) is 0 Å². The van der Waals surface area contributed by atoms with E-state index in [2.05, 4.69) is 10.2 Å². The number of nitrogens with zero attached hydrogens (tertiary/aromatic N) is 1. The summed E-state index contributed by atoms with van der Waals surface area (Å²) in [5, 5.41) is 3.24. The average Bonchev–Trinajstić information content (AvgIpc) is 2.50. The van der Waals surface area contributed by atoms with Gasteiger partial charge in [0.15, 0.2) is 0 Å². The lowest BCUT2D eigenvalue weighted by atomic mass is 9.78. The van der Waals surface area contributed by atoms with Gasteiger partial charge < -0.3 is 15.0 Å². The number of methoxy groups -OCH3 is 1. The van der Waals surface area contributed by atoms with Crippen LogP contribution in [0, 0.1) is 5.92 Å². The zero-order chi connectivity index (χ0) is 14.4. The summed E-state index contributed by atoms with van der Waals surface area (Å²) in [6.07, 6.45) is 9.16. The topological polar surface area (TPSA) is 41.6 Å². The molecule has 3 atom stereocenters. The monoisotopic (exact) mass is 282 g/mol. The fraction of sp³-hybridized carbons (Fsp3) is 0.938. The Kier molecular flexibility index (Phi) is 6.30. The van der Waals surface area contributed by atoms with Crippen molar-refractivity contribution in [3.63, 3.8) is 0 Å². The second-order valence-corrected chi connectivity index (χ2v) is 6.21. The molecular weight excluding hydrogens is 252 g/mol. The molecule has 0 amide bonds. The maximum atomic E-state index is 11.8. The summed E-state index contributed by atoms with van der Waals surface area (Å²) in [5.41, 5.74) is 0. The summed E-state index contributed by atoms with van der Waals surface area (Å²) in [6.45, 7) is 5.08. The van der Waals surface area contributed by atoms with E-state index >= 15 is 0 Å². The van der Waals surface area contributed by atoms with Crippen LogP contribution in [0.1, 0.15) is 51.9 Å². The van der Waals surface area contributed by atoms with Crippen molar-refractivity contribution in [2.75, 3.05) is 26.7 Å². The van der Waals surface area contributed by atoms with Gasteiger partial charge in [-0.15, -0.1) is 0 Å². The van der Waals surface area contributed by atoms with Crippen LogP contribution < -0.4 is 5.32 Å². The molecule has 1 saturated heterocycles. The van der Waals surface area contributed by atoms with Crippen molar-refractivity contribution in [3.8, 4) is 0 Å². The van der Waals surface area contributed by atoms with Gasteiger partial charge in [0.05, 0.1) is 7.11 Å². The lowest BCUT2D eigenvalue weighted by Crippen LogP contribution is -2.49. The summed E-state index contributed by atoms with van der Waals surface area (Å²) in [6, 6.07) is 0.631. The molecule has 4 heteroatoms. The van der Waals surface area contributed by atoms with Crippen LogP contribution in [-0.4, -0.2) is 49.7 Å². The van der Waals surface area contributed by atoms with E-state index in [0.29, 0.717) is 0 Å². The number of rotatable bonds is 6. The summed E-state index contributed by atoms with van der Waals surface area (Å²) in [7, 11) is 1.48. The van der Waals surface area contributed by atoms with Crippen molar-refractivity contribution in [1.29, 1.82) is 0 Å². The molecule has 1 aliphatic heterocycles. The zero-order valence-electron chi connectivity index (χ0n) is 13.1. The predicted molar refractivity (Wildman–Crippen MR) is 80.7 cm³/mol. The van der Waals surface area contributed by atoms with Crippen LogP contribution in [0.4, 0.5) is 0 Å². The van der Waals surface area contributed by atoms with Gasteiger partial charge in [0.25, 0.3) is 0 Å². The third-order valence-corrected chi connectivity index (χ3v) is 5.00. The Morgan fingerprint density at radius 1 is 1.30 bits per heavy atom. The van der Waals surface area contributed by atoms with Crippen molar-refractivity contribution in [3.05, 3.63) is 0 Å². The first-order chi connectivity index (χ1) is 9.76. The number of hydrogen-bond acceptors (Lipinski definition) is 4. The Balaban J connectivity index is 1.85. The quantitative estimate of drug-likeness (QED) is 0.758. The summed E-state index contributed by atoms with van der Waals surface area (Å²) < 4.78 is 4.89. The highest BCUT2D eigenvalue weighted by atomic mass is 16.5. The lowest BCUT2D eigenvalue weighted by molar-refractivity contribution is -0.143. The van der Waals surface area contributed by atoms with Gasteiger partial charge in [-0.3, -0.25) is 4.79 Å². The molecule has 2 rings (SSSR count). The molecule has 4 nitrogen and oxygen atoms in total. The van der Waals surface area contributed by atoms with E-state index in [-0.39, 0.29) is 12.0 Å². The minimum absolute atomic E-state index is 0.121. The number of piperidine rings is 1. The van der Waals surface area contributed by atoms with Crippen LogP contribution in [0.15, 0.2) is 0 Å².